The van der Waals surface area contributed by atoms with Crippen LogP contribution in [0.2, 0.25) is 0 Å². The van der Waals surface area contributed by atoms with Gasteiger partial charge < -0.3 is 10.2 Å². The van der Waals surface area contributed by atoms with Gasteiger partial charge in [0.05, 0.1) is 11.5 Å². The van der Waals surface area contributed by atoms with Crippen molar-refractivity contribution in [3.05, 3.63) is 65.4 Å². The number of hydrogen-bond acceptors (Lipinski definition) is 2. The number of hydrogen-bond donors (Lipinski definition) is 2. The summed E-state index contributed by atoms with van der Waals surface area (Å²) in [5.41, 5.74) is 1.45. The molecule has 2 nitrogen and oxygen atoms in total. The molecule has 2 N–H and O–H groups in total. The number of benzene rings is 2. The Labute approximate surface area is 215 Å². The Kier molecular flexibility index (Phi) is 10.0. The van der Waals surface area contributed by atoms with E-state index in [-0.39, 0.29) is 40.1 Å². The standard InChI is InChI=1S/C22H18Br4O2.Co/c23-17-9-15(21(27)19(25)11-17)7-5-13-3-1-2-4-14(13)6-8-16-10-18(24)12-20(26)22(16)28;/h7-14,27-28H,1-4H2;/q-2;+2/t13-,14-;/m1./s1. The van der Waals surface area contributed by atoms with Crippen LogP contribution in [0.25, 0.3) is 12.2 Å². The van der Waals surface area contributed by atoms with Crippen LogP contribution in [0.4, 0.5) is 0 Å². The molecule has 1 fully saturated rings. The van der Waals surface area contributed by atoms with Gasteiger partial charge in [-0.3, -0.25) is 12.2 Å². The second kappa shape index (κ2) is 11.5. The summed E-state index contributed by atoms with van der Waals surface area (Å²) in [6.07, 6.45) is 15.0. The van der Waals surface area contributed by atoms with Crippen molar-refractivity contribution >= 4 is 75.9 Å². The third-order valence-electron chi connectivity index (χ3n) is 4.79. The van der Waals surface area contributed by atoms with Gasteiger partial charge in [-0.15, -0.1) is 35.1 Å². The number of aromatic hydroxyl groups is 2. The summed E-state index contributed by atoms with van der Waals surface area (Å²) in [4.78, 5) is 0. The minimum Gasteiger partial charge on any atom is -0.525 e. The van der Waals surface area contributed by atoms with Crippen LogP contribution < -0.4 is 0 Å². The van der Waals surface area contributed by atoms with Gasteiger partial charge in [0, 0.05) is 17.9 Å². The summed E-state index contributed by atoms with van der Waals surface area (Å²) >= 11 is 13.6. The summed E-state index contributed by atoms with van der Waals surface area (Å²) < 4.78 is 3.09. The van der Waals surface area contributed by atoms with Crippen LogP contribution in [-0.2, 0) is 16.8 Å². The Balaban J connectivity index is 0.00000300. The molecule has 2 aromatic carbocycles. The summed E-state index contributed by atoms with van der Waals surface area (Å²) in [6.45, 7) is 0. The Morgan fingerprint density at radius 2 is 1.10 bits per heavy atom. The molecule has 0 saturated heterocycles. The normalized spacial score (nSPS) is 19.6. The zero-order chi connectivity index (χ0) is 20.3. The summed E-state index contributed by atoms with van der Waals surface area (Å²) in [6, 6.07) is 7.38. The van der Waals surface area contributed by atoms with Gasteiger partial charge in [-0.25, -0.2) is 12.2 Å². The number of halogens is 4. The van der Waals surface area contributed by atoms with Crippen molar-refractivity contribution in [1.29, 1.82) is 0 Å². The Morgan fingerprint density at radius 3 is 1.48 bits per heavy atom. The van der Waals surface area contributed by atoms with E-state index in [1.165, 1.54) is 0 Å². The molecule has 0 amide bonds. The number of phenols is 2. The molecule has 2 atom stereocenters. The van der Waals surface area contributed by atoms with Crippen molar-refractivity contribution in [3.63, 3.8) is 0 Å². The molecule has 0 heterocycles. The van der Waals surface area contributed by atoms with Crippen molar-refractivity contribution in [2.45, 2.75) is 25.7 Å². The van der Waals surface area contributed by atoms with E-state index in [0.29, 0.717) is 8.95 Å². The van der Waals surface area contributed by atoms with Gasteiger partial charge >= 0.3 is 16.8 Å². The monoisotopic (exact) mass is 689 g/mol. The Bertz CT molecular complexity index is 852. The molecule has 0 spiro atoms. The van der Waals surface area contributed by atoms with Gasteiger partial charge in [0.2, 0.25) is 0 Å². The van der Waals surface area contributed by atoms with Crippen LogP contribution in [0.15, 0.2) is 42.2 Å². The van der Waals surface area contributed by atoms with Crippen LogP contribution in [0.1, 0.15) is 36.8 Å². The molecule has 0 aromatic heterocycles. The largest absolute Gasteiger partial charge is 2.00 e. The van der Waals surface area contributed by atoms with Crippen molar-refractivity contribution in [2.75, 3.05) is 0 Å². The Hall–Kier alpha value is -0.0535. The maximum atomic E-state index is 10.3. The third-order valence-corrected chi connectivity index (χ3v) is 6.91. The van der Waals surface area contributed by atoms with E-state index in [2.05, 4.69) is 75.9 Å². The quantitative estimate of drug-likeness (QED) is 0.317. The predicted octanol–water partition coefficient (Wildman–Crippen LogP) is 8.28. The summed E-state index contributed by atoms with van der Waals surface area (Å²) in [5.74, 6) is 0.873. The first-order chi connectivity index (χ1) is 13.3. The summed E-state index contributed by atoms with van der Waals surface area (Å²) in [7, 11) is 0. The molecular formula is C22H18Br4CoO2. The zero-order valence-electron chi connectivity index (χ0n) is 15.2. The van der Waals surface area contributed by atoms with Crippen LogP contribution in [0, 0.1) is 24.0 Å². The van der Waals surface area contributed by atoms with Crippen molar-refractivity contribution in [3.8, 4) is 11.5 Å². The van der Waals surface area contributed by atoms with Crippen molar-refractivity contribution in [2.24, 2.45) is 11.8 Å². The number of rotatable bonds is 4. The molecule has 155 valence electrons. The van der Waals surface area contributed by atoms with Gasteiger partial charge in [-0.2, -0.15) is 0 Å². The van der Waals surface area contributed by atoms with Gasteiger partial charge in [-0.05, 0) is 44.0 Å². The van der Waals surface area contributed by atoms with E-state index >= 15 is 0 Å². The molecule has 1 saturated carbocycles. The van der Waals surface area contributed by atoms with Crippen LogP contribution >= 0.6 is 63.7 Å². The zero-order valence-corrected chi connectivity index (χ0v) is 22.6. The average Bonchev–Trinajstić information content (AvgIpc) is 2.65. The predicted molar refractivity (Wildman–Crippen MR) is 128 cm³/mol. The maximum Gasteiger partial charge on any atom is 2.00 e. The smallest absolute Gasteiger partial charge is 0.525 e. The first-order valence-electron chi connectivity index (χ1n) is 8.89. The van der Waals surface area contributed by atoms with E-state index in [9.17, 15) is 10.2 Å². The molecule has 1 aliphatic rings. The van der Waals surface area contributed by atoms with Crippen LogP contribution in [-0.4, -0.2) is 10.2 Å². The fourth-order valence-electron chi connectivity index (χ4n) is 3.32. The first kappa shape index (κ1) is 25.2. The van der Waals surface area contributed by atoms with Gasteiger partial charge in [-0.1, -0.05) is 57.5 Å². The molecule has 0 unspecified atom stereocenters. The molecule has 1 aliphatic carbocycles. The van der Waals surface area contributed by atoms with Crippen LogP contribution in [0.5, 0.6) is 11.5 Å². The van der Waals surface area contributed by atoms with E-state index in [1.807, 2.05) is 36.4 Å². The van der Waals surface area contributed by atoms with Crippen molar-refractivity contribution < 1.29 is 27.0 Å². The van der Waals surface area contributed by atoms with E-state index < -0.39 is 0 Å². The molecule has 29 heavy (non-hydrogen) atoms. The molecule has 3 rings (SSSR count). The fourth-order valence-corrected chi connectivity index (χ4v) is 5.83. The first-order valence-corrected chi connectivity index (χ1v) is 12.1. The second-order valence-electron chi connectivity index (χ2n) is 6.77. The van der Waals surface area contributed by atoms with Crippen LogP contribution in [0.3, 0.4) is 0 Å². The van der Waals surface area contributed by atoms with Gasteiger partial charge in [0.25, 0.3) is 0 Å². The maximum absolute atomic E-state index is 10.3. The topological polar surface area (TPSA) is 40.5 Å². The van der Waals surface area contributed by atoms with Gasteiger partial charge in [0.1, 0.15) is 0 Å². The minimum absolute atomic E-state index is 0. The second-order valence-corrected chi connectivity index (χ2v) is 10.3. The molecular weight excluding hydrogens is 675 g/mol. The SMILES string of the molecule is Oc1c(Br)cc(Br)cc1C=[C-][C@H]1CCCC[C@@H]1[C-]=Cc1cc(Br)cc(Br)c1O.[Co+2]. The third kappa shape index (κ3) is 6.71. The Morgan fingerprint density at radius 1 is 0.724 bits per heavy atom. The fraction of sp³-hybridized carbons (Fsp3) is 0.273. The van der Waals surface area contributed by atoms with E-state index in [1.54, 1.807) is 0 Å². The van der Waals surface area contributed by atoms with Gasteiger partial charge in [0.15, 0.2) is 0 Å². The number of allylic oxidation sites excluding steroid dienone is 2. The summed E-state index contributed by atoms with van der Waals surface area (Å²) in [5, 5.41) is 20.5. The number of phenolic OH excluding ortho intramolecular Hbond substituents is 2. The molecule has 0 bridgehead atoms. The molecule has 7 heteroatoms. The minimum atomic E-state index is 0. The molecule has 0 aliphatic heterocycles. The van der Waals surface area contributed by atoms with E-state index in [4.69, 9.17) is 0 Å². The molecule has 1 radical (unpaired) electrons. The average molecular weight is 693 g/mol. The van der Waals surface area contributed by atoms with E-state index in [0.717, 1.165) is 45.8 Å². The van der Waals surface area contributed by atoms with Crippen molar-refractivity contribution in [1.82, 2.24) is 0 Å². The molecule has 2 aromatic rings.